The van der Waals surface area contributed by atoms with Crippen LogP contribution in [0.1, 0.15) is 15.9 Å². The Labute approximate surface area is 199 Å². The number of carbonyl (C=O) groups excluding carboxylic acids is 1. The molecule has 0 aliphatic heterocycles. The largest absolute Gasteiger partial charge is 0.394 e. The molecule has 0 saturated heterocycles. The second-order valence-corrected chi connectivity index (χ2v) is 8.07. The number of nitrogens with one attached hydrogen (secondary N) is 1. The molecule has 2 N–H and O–H groups in total. The molecule has 0 radical (unpaired) electrons. The van der Waals surface area contributed by atoms with Crippen LogP contribution >= 0.6 is 11.6 Å². The maximum atomic E-state index is 12.2. The van der Waals surface area contributed by atoms with Gasteiger partial charge in [-0.05, 0) is 46.7 Å². The average molecular weight is 474 g/mol. The molecule has 8 nitrogen and oxygen atoms in total. The molecule has 170 valence electrons. The fourth-order valence-corrected chi connectivity index (χ4v) is 3.97. The number of aliphatic hydroxyl groups excluding tert-OH is 1. The smallest absolute Gasteiger partial charge is 0.276 e. The minimum absolute atomic E-state index is 0.00764. The van der Waals surface area contributed by atoms with Gasteiger partial charge in [-0.1, -0.05) is 59.3 Å². The summed E-state index contributed by atoms with van der Waals surface area (Å²) in [5.74, 6) is -0.494. The van der Waals surface area contributed by atoms with Gasteiger partial charge in [0.2, 0.25) is 0 Å². The summed E-state index contributed by atoms with van der Waals surface area (Å²) < 4.78 is 1.77. The van der Waals surface area contributed by atoms with Crippen LogP contribution in [0.2, 0.25) is 5.02 Å². The van der Waals surface area contributed by atoms with E-state index in [0.717, 1.165) is 11.1 Å². The molecule has 9 heteroatoms. The predicted molar refractivity (Wildman–Crippen MR) is 129 cm³/mol. The lowest BCUT2D eigenvalue weighted by molar-refractivity contribution is 0.0168. The van der Waals surface area contributed by atoms with Crippen LogP contribution in [0.3, 0.4) is 0 Å². The standard InChI is InChI=1S/C25H20ClN5O3/c26-21-14-19(7-8-20(21)25(33)29-34-12-11-32)22-9-10-23-24(27-22)31(30-28-23)15-16-5-6-17-3-1-2-4-18(17)13-16/h1-10,13-14,32H,11-12,15H2,(H,29,33). The number of aromatic nitrogens is 4. The van der Waals surface area contributed by atoms with Crippen molar-refractivity contribution < 1.29 is 14.7 Å². The molecule has 0 bridgehead atoms. The maximum Gasteiger partial charge on any atom is 0.276 e. The van der Waals surface area contributed by atoms with E-state index in [-0.39, 0.29) is 23.8 Å². The lowest BCUT2D eigenvalue weighted by Gasteiger charge is -2.09. The Bertz CT molecular complexity index is 1500. The number of pyridine rings is 1. The number of rotatable bonds is 7. The van der Waals surface area contributed by atoms with E-state index in [4.69, 9.17) is 26.5 Å². The lowest BCUT2D eigenvalue weighted by Crippen LogP contribution is -2.25. The molecular formula is C25H20ClN5O3. The number of aliphatic hydroxyl groups is 1. The highest BCUT2D eigenvalue weighted by Gasteiger charge is 2.14. The van der Waals surface area contributed by atoms with Crippen LogP contribution in [0.15, 0.2) is 72.8 Å². The Morgan fingerprint density at radius 2 is 1.88 bits per heavy atom. The van der Waals surface area contributed by atoms with Gasteiger partial charge in [0, 0.05) is 5.56 Å². The van der Waals surface area contributed by atoms with Crippen molar-refractivity contribution in [3.8, 4) is 11.3 Å². The summed E-state index contributed by atoms with van der Waals surface area (Å²) in [6.07, 6.45) is 0. The number of amides is 1. The molecule has 0 spiro atoms. The van der Waals surface area contributed by atoms with Gasteiger partial charge in [-0.3, -0.25) is 9.63 Å². The Morgan fingerprint density at radius 3 is 2.71 bits per heavy atom. The molecule has 2 heterocycles. The molecule has 3 aromatic carbocycles. The first-order valence-electron chi connectivity index (χ1n) is 10.6. The van der Waals surface area contributed by atoms with Crippen molar-refractivity contribution in [2.24, 2.45) is 0 Å². The first-order valence-corrected chi connectivity index (χ1v) is 11.0. The van der Waals surface area contributed by atoms with E-state index in [1.54, 1.807) is 22.9 Å². The van der Waals surface area contributed by atoms with Crippen molar-refractivity contribution in [1.29, 1.82) is 0 Å². The summed E-state index contributed by atoms with van der Waals surface area (Å²) in [7, 11) is 0. The van der Waals surface area contributed by atoms with Crippen molar-refractivity contribution in [3.63, 3.8) is 0 Å². The highest BCUT2D eigenvalue weighted by molar-refractivity contribution is 6.34. The minimum Gasteiger partial charge on any atom is -0.394 e. The maximum absolute atomic E-state index is 12.2. The third kappa shape index (κ3) is 4.47. The minimum atomic E-state index is -0.494. The van der Waals surface area contributed by atoms with E-state index in [2.05, 4.69) is 46.1 Å². The van der Waals surface area contributed by atoms with Gasteiger partial charge in [-0.25, -0.2) is 15.1 Å². The monoisotopic (exact) mass is 473 g/mol. The van der Waals surface area contributed by atoms with Gasteiger partial charge >= 0.3 is 0 Å². The third-order valence-corrected chi connectivity index (χ3v) is 5.69. The van der Waals surface area contributed by atoms with E-state index in [0.29, 0.717) is 23.4 Å². The number of hydrogen-bond acceptors (Lipinski definition) is 6. The highest BCUT2D eigenvalue weighted by Crippen LogP contribution is 2.26. The van der Waals surface area contributed by atoms with Gasteiger partial charge in [0.1, 0.15) is 5.52 Å². The van der Waals surface area contributed by atoms with Gasteiger partial charge in [-0.2, -0.15) is 0 Å². The molecule has 5 rings (SSSR count). The second kappa shape index (κ2) is 9.56. The molecule has 0 aliphatic carbocycles. The number of nitrogens with zero attached hydrogens (tertiary/aromatic N) is 4. The Morgan fingerprint density at radius 1 is 1.03 bits per heavy atom. The van der Waals surface area contributed by atoms with Crippen LogP contribution in [0, 0.1) is 0 Å². The molecule has 2 aromatic heterocycles. The first-order chi connectivity index (χ1) is 16.6. The summed E-state index contributed by atoms with van der Waals surface area (Å²) >= 11 is 6.35. The molecule has 1 amide bonds. The van der Waals surface area contributed by atoms with Gasteiger partial charge in [-0.15, -0.1) is 5.10 Å². The highest BCUT2D eigenvalue weighted by atomic mass is 35.5. The lowest BCUT2D eigenvalue weighted by atomic mass is 10.1. The van der Waals surface area contributed by atoms with Crippen LogP contribution in [0.25, 0.3) is 33.2 Å². The zero-order valence-electron chi connectivity index (χ0n) is 18.0. The van der Waals surface area contributed by atoms with Crippen LogP contribution in [0.5, 0.6) is 0 Å². The topological polar surface area (TPSA) is 102 Å². The van der Waals surface area contributed by atoms with Crippen LogP contribution in [-0.4, -0.2) is 44.2 Å². The normalized spacial score (nSPS) is 11.2. The van der Waals surface area contributed by atoms with E-state index < -0.39 is 5.91 Å². The molecule has 0 unspecified atom stereocenters. The van der Waals surface area contributed by atoms with E-state index in [9.17, 15) is 4.79 Å². The van der Waals surface area contributed by atoms with Crippen LogP contribution in [-0.2, 0) is 11.4 Å². The molecule has 0 atom stereocenters. The van der Waals surface area contributed by atoms with Crippen molar-refractivity contribution in [2.45, 2.75) is 6.54 Å². The van der Waals surface area contributed by atoms with Gasteiger partial charge in [0.05, 0.1) is 36.0 Å². The molecule has 0 aliphatic rings. The van der Waals surface area contributed by atoms with E-state index in [1.807, 2.05) is 24.3 Å². The Hall–Kier alpha value is -3.85. The molecular weight excluding hydrogens is 454 g/mol. The molecule has 34 heavy (non-hydrogen) atoms. The fourth-order valence-electron chi connectivity index (χ4n) is 3.71. The fraction of sp³-hybridized carbons (Fsp3) is 0.120. The van der Waals surface area contributed by atoms with E-state index >= 15 is 0 Å². The number of hydrogen-bond donors (Lipinski definition) is 2. The molecule has 0 saturated carbocycles. The summed E-state index contributed by atoms with van der Waals surface area (Å²) in [6, 6.07) is 23.3. The van der Waals surface area contributed by atoms with Crippen molar-refractivity contribution >= 4 is 39.4 Å². The van der Waals surface area contributed by atoms with Crippen molar-refractivity contribution in [3.05, 3.63) is 88.9 Å². The van der Waals surface area contributed by atoms with E-state index in [1.165, 1.54) is 10.8 Å². The third-order valence-electron chi connectivity index (χ3n) is 5.37. The Kier molecular flexibility index (Phi) is 6.18. The average Bonchev–Trinajstić information content (AvgIpc) is 3.26. The van der Waals surface area contributed by atoms with Gasteiger partial charge < -0.3 is 5.11 Å². The number of fused-ring (bicyclic) bond motifs is 2. The van der Waals surface area contributed by atoms with Gasteiger partial charge in [0.15, 0.2) is 5.65 Å². The summed E-state index contributed by atoms with van der Waals surface area (Å²) in [4.78, 5) is 21.8. The Balaban J connectivity index is 1.42. The molecule has 0 fully saturated rings. The number of benzene rings is 3. The number of hydroxylamine groups is 1. The summed E-state index contributed by atoms with van der Waals surface area (Å²) in [5, 5.41) is 19.9. The SMILES string of the molecule is O=C(NOCCO)c1ccc(-c2ccc3nnn(Cc4ccc5ccccc5c4)c3n2)cc1Cl. The second-order valence-electron chi connectivity index (χ2n) is 7.67. The number of halogens is 1. The first kappa shape index (κ1) is 22.0. The summed E-state index contributed by atoms with van der Waals surface area (Å²) in [6.45, 7) is 0.325. The number of carbonyl (C=O) groups is 1. The van der Waals surface area contributed by atoms with Crippen molar-refractivity contribution in [2.75, 3.05) is 13.2 Å². The van der Waals surface area contributed by atoms with Crippen molar-refractivity contribution in [1.82, 2.24) is 25.5 Å². The van der Waals surface area contributed by atoms with Crippen LogP contribution in [0.4, 0.5) is 0 Å². The van der Waals surface area contributed by atoms with Gasteiger partial charge in [0.25, 0.3) is 5.91 Å². The predicted octanol–water partition coefficient (Wildman–Crippen LogP) is 4.00. The quantitative estimate of drug-likeness (QED) is 0.273. The zero-order valence-corrected chi connectivity index (χ0v) is 18.7. The van der Waals surface area contributed by atoms with Crippen LogP contribution < -0.4 is 5.48 Å². The summed E-state index contributed by atoms with van der Waals surface area (Å²) in [5.41, 5.74) is 6.37. The zero-order chi connectivity index (χ0) is 23.5. The molecule has 5 aromatic rings.